The van der Waals surface area contributed by atoms with E-state index >= 15 is 0 Å². The predicted molar refractivity (Wildman–Crippen MR) is 75.2 cm³/mol. The fourth-order valence-corrected chi connectivity index (χ4v) is 3.78. The number of carboxylic acids is 1. The summed E-state index contributed by atoms with van der Waals surface area (Å²) in [6.07, 6.45) is 0.795. The fourth-order valence-electron chi connectivity index (χ4n) is 2.61. The van der Waals surface area contributed by atoms with E-state index in [1.165, 1.54) is 16.7 Å². The van der Waals surface area contributed by atoms with Gasteiger partial charge in [0.1, 0.15) is 11.8 Å². The first-order chi connectivity index (χ1) is 9.58. The first-order valence-electron chi connectivity index (χ1n) is 6.50. The van der Waals surface area contributed by atoms with Crippen LogP contribution in [0.3, 0.4) is 0 Å². The minimum atomic E-state index is -0.945. The van der Waals surface area contributed by atoms with Crippen molar-refractivity contribution in [3.05, 3.63) is 29.3 Å². The highest BCUT2D eigenvalue weighted by atomic mass is 32.2. The number of aliphatic carboxylic acids is 1. The summed E-state index contributed by atoms with van der Waals surface area (Å²) in [7, 11) is 0. The molecular weight excluding hydrogens is 278 g/mol. The van der Waals surface area contributed by atoms with Crippen molar-refractivity contribution in [1.82, 2.24) is 4.90 Å². The third-order valence-electron chi connectivity index (χ3n) is 3.68. The molecule has 2 atom stereocenters. The molecule has 2 heterocycles. The largest absolute Gasteiger partial charge is 0.493 e. The lowest BCUT2D eigenvalue weighted by molar-refractivity contribution is -0.141. The van der Waals surface area contributed by atoms with E-state index in [2.05, 4.69) is 0 Å². The molecule has 1 fully saturated rings. The molecule has 1 aromatic carbocycles. The monoisotopic (exact) mass is 293 g/mol. The van der Waals surface area contributed by atoms with Crippen molar-refractivity contribution in [2.75, 3.05) is 12.4 Å². The number of carboxylic acid groups (broad SMARTS) is 1. The molecule has 2 unspecified atom stereocenters. The molecule has 106 valence electrons. The molecule has 0 aliphatic carbocycles. The van der Waals surface area contributed by atoms with Gasteiger partial charge in [-0.3, -0.25) is 4.79 Å². The summed E-state index contributed by atoms with van der Waals surface area (Å²) in [6, 6.07) is 4.58. The predicted octanol–water partition coefficient (Wildman–Crippen LogP) is 1.61. The van der Waals surface area contributed by atoms with Gasteiger partial charge in [0.25, 0.3) is 5.91 Å². The second-order valence-corrected chi connectivity index (χ2v) is 6.27. The number of nitrogens with zero attached hydrogens (tertiary/aromatic N) is 1. The summed E-state index contributed by atoms with van der Waals surface area (Å²) < 4.78 is 5.42. The molecule has 1 aromatic rings. The molecule has 2 aliphatic rings. The Morgan fingerprint density at radius 3 is 3.00 bits per heavy atom. The van der Waals surface area contributed by atoms with Crippen molar-refractivity contribution in [3.8, 4) is 5.75 Å². The van der Waals surface area contributed by atoms with Crippen molar-refractivity contribution in [2.45, 2.75) is 24.8 Å². The number of carbonyl (C=O) groups is 2. The van der Waals surface area contributed by atoms with Gasteiger partial charge in [-0.05, 0) is 30.7 Å². The number of rotatable bonds is 2. The van der Waals surface area contributed by atoms with Gasteiger partial charge in [0.2, 0.25) is 0 Å². The zero-order valence-corrected chi connectivity index (χ0v) is 11.9. The second-order valence-electron chi connectivity index (χ2n) is 4.92. The van der Waals surface area contributed by atoms with Crippen LogP contribution in [0, 0.1) is 0 Å². The van der Waals surface area contributed by atoms with Crippen LogP contribution in [0.25, 0.3) is 0 Å². The molecule has 1 N–H and O–H groups in total. The molecule has 1 amide bonds. The Morgan fingerprint density at radius 1 is 1.45 bits per heavy atom. The zero-order valence-electron chi connectivity index (χ0n) is 11.0. The highest BCUT2D eigenvalue weighted by Crippen LogP contribution is 2.32. The van der Waals surface area contributed by atoms with Crippen molar-refractivity contribution < 1.29 is 19.4 Å². The Kier molecular flexibility index (Phi) is 3.33. The van der Waals surface area contributed by atoms with Crippen LogP contribution in [-0.4, -0.2) is 45.7 Å². The molecule has 20 heavy (non-hydrogen) atoms. The minimum absolute atomic E-state index is 0.117. The van der Waals surface area contributed by atoms with E-state index in [9.17, 15) is 14.7 Å². The number of carbonyl (C=O) groups excluding carboxylic acids is 1. The molecule has 0 radical (unpaired) electrons. The van der Waals surface area contributed by atoms with E-state index in [1.807, 2.05) is 13.0 Å². The van der Waals surface area contributed by atoms with Gasteiger partial charge >= 0.3 is 5.97 Å². The molecule has 0 bridgehead atoms. The molecular formula is C14H15NO4S. The van der Waals surface area contributed by atoms with Crippen molar-refractivity contribution in [3.63, 3.8) is 0 Å². The highest BCUT2D eigenvalue weighted by Gasteiger charge is 2.39. The maximum atomic E-state index is 12.6. The van der Waals surface area contributed by atoms with E-state index in [0.717, 1.165) is 17.7 Å². The summed E-state index contributed by atoms with van der Waals surface area (Å²) in [5, 5.41) is 9.11. The molecule has 2 aliphatic heterocycles. The Hall–Kier alpha value is -1.69. The molecule has 0 saturated carbocycles. The number of benzene rings is 1. The SMILES string of the molecule is CC1SCC(C(=O)O)N1C(=O)c1ccc2c(c1)CCO2. The van der Waals surface area contributed by atoms with E-state index in [1.54, 1.807) is 12.1 Å². The number of fused-ring (bicyclic) bond motifs is 1. The van der Waals surface area contributed by atoms with Crippen molar-refractivity contribution in [1.29, 1.82) is 0 Å². The van der Waals surface area contributed by atoms with E-state index < -0.39 is 12.0 Å². The molecule has 1 saturated heterocycles. The smallest absolute Gasteiger partial charge is 0.327 e. The highest BCUT2D eigenvalue weighted by molar-refractivity contribution is 8.00. The Morgan fingerprint density at radius 2 is 2.25 bits per heavy atom. The average molecular weight is 293 g/mol. The average Bonchev–Trinajstić information content (AvgIpc) is 3.03. The zero-order chi connectivity index (χ0) is 14.3. The molecule has 0 spiro atoms. The van der Waals surface area contributed by atoms with Crippen LogP contribution in [0.15, 0.2) is 18.2 Å². The van der Waals surface area contributed by atoms with Crippen molar-refractivity contribution >= 4 is 23.6 Å². The van der Waals surface area contributed by atoms with Gasteiger partial charge in [-0.15, -0.1) is 11.8 Å². The number of amides is 1. The third-order valence-corrected chi connectivity index (χ3v) is 4.90. The van der Waals surface area contributed by atoms with E-state index in [4.69, 9.17) is 4.74 Å². The maximum Gasteiger partial charge on any atom is 0.327 e. The maximum absolute atomic E-state index is 12.6. The van der Waals surface area contributed by atoms with Gasteiger partial charge in [0.15, 0.2) is 0 Å². The van der Waals surface area contributed by atoms with Crippen LogP contribution in [0.5, 0.6) is 5.75 Å². The molecule has 0 aromatic heterocycles. The van der Waals surface area contributed by atoms with Crippen LogP contribution >= 0.6 is 11.8 Å². The van der Waals surface area contributed by atoms with Crippen LogP contribution in [0.1, 0.15) is 22.8 Å². The standard InChI is InChI=1S/C14H15NO4S/c1-8-15(11(7-20-8)14(17)18)13(16)10-2-3-12-9(6-10)4-5-19-12/h2-3,6,8,11H,4-5,7H2,1H3,(H,17,18). The number of hydrogen-bond donors (Lipinski definition) is 1. The summed E-state index contributed by atoms with van der Waals surface area (Å²) in [6.45, 7) is 2.50. The van der Waals surface area contributed by atoms with E-state index in [0.29, 0.717) is 17.9 Å². The van der Waals surface area contributed by atoms with Gasteiger partial charge in [0.05, 0.1) is 12.0 Å². The van der Waals surface area contributed by atoms with Crippen LogP contribution in [0.4, 0.5) is 0 Å². The molecule has 6 heteroatoms. The third kappa shape index (κ3) is 2.14. The second kappa shape index (κ2) is 5.01. The van der Waals surface area contributed by atoms with Gasteiger partial charge in [-0.25, -0.2) is 4.79 Å². The Labute approximate surface area is 120 Å². The topological polar surface area (TPSA) is 66.8 Å². The first kappa shape index (κ1) is 13.3. The molecule has 3 rings (SSSR count). The van der Waals surface area contributed by atoms with E-state index in [-0.39, 0.29) is 11.3 Å². The Balaban J connectivity index is 1.89. The number of hydrogen-bond acceptors (Lipinski definition) is 4. The van der Waals surface area contributed by atoms with Gasteiger partial charge < -0.3 is 14.7 Å². The lowest BCUT2D eigenvalue weighted by Gasteiger charge is -2.25. The van der Waals surface area contributed by atoms with Gasteiger partial charge in [0, 0.05) is 17.7 Å². The number of thioether (sulfide) groups is 1. The van der Waals surface area contributed by atoms with Gasteiger partial charge in [-0.2, -0.15) is 0 Å². The van der Waals surface area contributed by atoms with Crippen LogP contribution in [-0.2, 0) is 11.2 Å². The van der Waals surface area contributed by atoms with Gasteiger partial charge in [-0.1, -0.05) is 0 Å². The normalized spacial score (nSPS) is 24.4. The quantitative estimate of drug-likeness (QED) is 0.897. The lowest BCUT2D eigenvalue weighted by Crippen LogP contribution is -2.44. The lowest BCUT2D eigenvalue weighted by atomic mass is 10.1. The summed E-state index contributed by atoms with van der Waals surface area (Å²) in [5.41, 5.74) is 1.55. The van der Waals surface area contributed by atoms with Crippen LogP contribution < -0.4 is 4.74 Å². The number of ether oxygens (including phenoxy) is 1. The van der Waals surface area contributed by atoms with Crippen LogP contribution in [0.2, 0.25) is 0 Å². The fraction of sp³-hybridized carbons (Fsp3) is 0.429. The molecule has 5 nitrogen and oxygen atoms in total. The summed E-state index contributed by atoms with van der Waals surface area (Å²) in [5.74, 6) is 0.0977. The Bertz CT molecular complexity index is 574. The summed E-state index contributed by atoms with van der Waals surface area (Å²) >= 11 is 1.49. The minimum Gasteiger partial charge on any atom is -0.493 e. The first-order valence-corrected chi connectivity index (χ1v) is 7.55. The summed E-state index contributed by atoms with van der Waals surface area (Å²) in [4.78, 5) is 25.3. The van der Waals surface area contributed by atoms with Crippen molar-refractivity contribution in [2.24, 2.45) is 0 Å².